The maximum Gasteiger partial charge on any atom is 0.349 e. The van der Waals surface area contributed by atoms with Crippen LogP contribution in [-0.4, -0.2) is 21.0 Å². The van der Waals surface area contributed by atoms with E-state index in [0.29, 0.717) is 16.5 Å². The Bertz CT molecular complexity index is 1250. The summed E-state index contributed by atoms with van der Waals surface area (Å²) in [7, 11) is 0. The van der Waals surface area contributed by atoms with E-state index < -0.39 is 11.2 Å². The van der Waals surface area contributed by atoms with Crippen LogP contribution < -0.4 is 11.2 Å². The number of aromatic amines is 1. The number of nitrogens with zero attached hydrogens (tertiary/aromatic N) is 2. The van der Waals surface area contributed by atoms with Gasteiger partial charge in [0.15, 0.2) is 0 Å². The molecular weight excluding hydrogens is 318 g/mol. The molecule has 6 heteroatoms. The minimum atomic E-state index is -0.639. The number of nitrogens with one attached hydrogen (secondary N) is 1. The molecule has 0 aliphatic carbocycles. The molecule has 0 aliphatic heterocycles. The van der Waals surface area contributed by atoms with Crippen LogP contribution >= 0.6 is 0 Å². The first-order valence-electron chi connectivity index (χ1n) is 7.64. The minimum Gasteiger partial charge on any atom is -0.507 e. The number of para-hydroxylation sites is 1. The second kappa shape index (κ2) is 5.76. The van der Waals surface area contributed by atoms with Crippen LogP contribution in [-0.2, 0) is 0 Å². The molecule has 122 valence electrons. The Kier molecular flexibility index (Phi) is 3.43. The summed E-state index contributed by atoms with van der Waals surface area (Å²) in [6, 6.07) is 17.5. The first-order chi connectivity index (χ1) is 12.1. The molecule has 2 N–H and O–H groups in total. The Hall–Kier alpha value is -3.67. The first-order valence-corrected chi connectivity index (χ1v) is 7.64. The molecule has 25 heavy (non-hydrogen) atoms. The molecule has 0 radical (unpaired) electrons. The molecular formula is C19H13N3O3. The fraction of sp³-hybridized carbons (Fsp3) is 0. The lowest BCUT2D eigenvalue weighted by Gasteiger charge is -2.05. The number of fused-ring (bicyclic) bond motifs is 2. The Labute approximate surface area is 141 Å². The second-order valence-corrected chi connectivity index (χ2v) is 5.56. The molecule has 0 spiro atoms. The summed E-state index contributed by atoms with van der Waals surface area (Å²) in [4.78, 5) is 27.3. The highest BCUT2D eigenvalue weighted by Gasteiger charge is 2.08. The van der Waals surface area contributed by atoms with Gasteiger partial charge in [0.1, 0.15) is 5.75 Å². The highest BCUT2D eigenvalue weighted by molar-refractivity contribution is 6.02. The summed E-state index contributed by atoms with van der Waals surface area (Å²) >= 11 is 0. The summed E-state index contributed by atoms with van der Waals surface area (Å²) in [5.41, 5.74) is -0.260. The van der Waals surface area contributed by atoms with Gasteiger partial charge in [0.2, 0.25) is 0 Å². The Balaban J connectivity index is 1.92. The van der Waals surface area contributed by atoms with E-state index in [1.54, 1.807) is 36.4 Å². The highest BCUT2D eigenvalue weighted by Crippen LogP contribution is 2.25. The maximum atomic E-state index is 12.5. The van der Waals surface area contributed by atoms with Gasteiger partial charge in [-0.15, -0.1) is 4.68 Å². The third kappa shape index (κ3) is 2.49. The number of H-pyrrole nitrogens is 1. The van der Waals surface area contributed by atoms with Crippen molar-refractivity contribution < 1.29 is 5.11 Å². The Morgan fingerprint density at radius 2 is 1.64 bits per heavy atom. The predicted octanol–water partition coefficient (Wildman–Crippen LogP) is 2.43. The van der Waals surface area contributed by atoms with Crippen molar-refractivity contribution in [2.75, 3.05) is 0 Å². The van der Waals surface area contributed by atoms with E-state index in [9.17, 15) is 14.7 Å². The standard InChI is InChI=1S/C19H13N3O3/c23-17-10-9-12-5-1-2-6-13(12)15(17)11-20-22-18(24)14-7-3-4-8-16(14)21-19(22)25/h1-11,23H,(H,21,25)/b20-11+. The average molecular weight is 331 g/mol. The van der Waals surface area contributed by atoms with E-state index in [1.807, 2.05) is 24.3 Å². The van der Waals surface area contributed by atoms with Crippen LogP contribution in [0, 0.1) is 0 Å². The van der Waals surface area contributed by atoms with E-state index in [1.165, 1.54) is 6.21 Å². The van der Waals surface area contributed by atoms with Gasteiger partial charge in [-0.05, 0) is 29.0 Å². The number of benzene rings is 3. The number of phenolic OH excluding ortho intramolecular Hbond substituents is 1. The molecule has 3 aromatic carbocycles. The molecule has 1 heterocycles. The highest BCUT2D eigenvalue weighted by atomic mass is 16.3. The van der Waals surface area contributed by atoms with Crippen molar-refractivity contribution in [1.82, 2.24) is 9.66 Å². The largest absolute Gasteiger partial charge is 0.507 e. The van der Waals surface area contributed by atoms with Crippen LogP contribution in [0.15, 0.2) is 75.4 Å². The SMILES string of the molecule is O=c1[nH]c2ccccc2c(=O)n1/N=C/c1c(O)ccc2ccccc12. The quantitative estimate of drug-likeness (QED) is 0.553. The van der Waals surface area contributed by atoms with E-state index in [-0.39, 0.29) is 5.75 Å². The lowest BCUT2D eigenvalue weighted by atomic mass is 10.0. The molecule has 4 rings (SSSR count). The van der Waals surface area contributed by atoms with Crippen LogP contribution in [0.2, 0.25) is 0 Å². The van der Waals surface area contributed by atoms with Crippen LogP contribution in [0.1, 0.15) is 5.56 Å². The van der Waals surface area contributed by atoms with Crippen LogP contribution in [0.5, 0.6) is 5.75 Å². The molecule has 0 atom stereocenters. The molecule has 0 saturated carbocycles. The van der Waals surface area contributed by atoms with Crippen molar-refractivity contribution in [2.45, 2.75) is 0 Å². The molecule has 0 unspecified atom stereocenters. The molecule has 6 nitrogen and oxygen atoms in total. The van der Waals surface area contributed by atoms with Crippen LogP contribution in [0.3, 0.4) is 0 Å². The number of phenols is 1. The number of hydrogen-bond donors (Lipinski definition) is 2. The van der Waals surface area contributed by atoms with E-state index in [2.05, 4.69) is 10.1 Å². The molecule has 0 fully saturated rings. The van der Waals surface area contributed by atoms with Crippen LogP contribution in [0.4, 0.5) is 0 Å². The predicted molar refractivity (Wildman–Crippen MR) is 97.4 cm³/mol. The van der Waals surface area contributed by atoms with Gasteiger partial charge in [0.05, 0.1) is 17.1 Å². The smallest absolute Gasteiger partial charge is 0.349 e. The number of hydrogen-bond acceptors (Lipinski definition) is 4. The average Bonchev–Trinajstić information content (AvgIpc) is 2.63. The van der Waals surface area contributed by atoms with Gasteiger partial charge >= 0.3 is 5.69 Å². The summed E-state index contributed by atoms with van der Waals surface area (Å²) in [6.45, 7) is 0. The molecule has 0 saturated heterocycles. The van der Waals surface area contributed by atoms with Gasteiger partial charge in [-0.25, -0.2) is 4.79 Å². The maximum absolute atomic E-state index is 12.5. The topological polar surface area (TPSA) is 87.5 Å². The number of aromatic nitrogens is 2. The monoisotopic (exact) mass is 331 g/mol. The van der Waals surface area contributed by atoms with Crippen molar-refractivity contribution in [3.05, 3.63) is 87.1 Å². The van der Waals surface area contributed by atoms with Crippen molar-refractivity contribution in [3.8, 4) is 5.75 Å². The summed E-state index contributed by atoms with van der Waals surface area (Å²) in [5.74, 6) is 0.0210. The van der Waals surface area contributed by atoms with E-state index >= 15 is 0 Å². The van der Waals surface area contributed by atoms with E-state index in [4.69, 9.17) is 0 Å². The third-order valence-corrected chi connectivity index (χ3v) is 4.03. The fourth-order valence-corrected chi connectivity index (χ4v) is 2.79. The van der Waals surface area contributed by atoms with Crippen LogP contribution in [0.25, 0.3) is 21.7 Å². The van der Waals surface area contributed by atoms with Gasteiger partial charge in [-0.3, -0.25) is 4.79 Å². The molecule has 1 aromatic heterocycles. The number of rotatable bonds is 2. The van der Waals surface area contributed by atoms with Gasteiger partial charge in [0.25, 0.3) is 5.56 Å². The lowest BCUT2D eigenvalue weighted by Crippen LogP contribution is -2.32. The van der Waals surface area contributed by atoms with E-state index in [0.717, 1.165) is 15.4 Å². The van der Waals surface area contributed by atoms with Crippen molar-refractivity contribution in [3.63, 3.8) is 0 Å². The van der Waals surface area contributed by atoms with Gasteiger partial charge in [-0.2, -0.15) is 5.10 Å². The van der Waals surface area contributed by atoms with Crippen molar-refractivity contribution in [2.24, 2.45) is 5.10 Å². The third-order valence-electron chi connectivity index (χ3n) is 4.03. The summed E-state index contributed by atoms with van der Waals surface area (Å²) < 4.78 is 0.754. The number of aromatic hydroxyl groups is 1. The van der Waals surface area contributed by atoms with Crippen molar-refractivity contribution >= 4 is 27.9 Å². The molecule has 4 aromatic rings. The minimum absolute atomic E-state index is 0.0210. The first kappa shape index (κ1) is 14.9. The zero-order valence-corrected chi connectivity index (χ0v) is 13.0. The second-order valence-electron chi connectivity index (χ2n) is 5.56. The van der Waals surface area contributed by atoms with Crippen molar-refractivity contribution in [1.29, 1.82) is 0 Å². The summed E-state index contributed by atoms with van der Waals surface area (Å²) in [6.07, 6.45) is 1.32. The van der Waals surface area contributed by atoms with Gasteiger partial charge in [-0.1, -0.05) is 42.5 Å². The zero-order chi connectivity index (χ0) is 17.4. The Morgan fingerprint density at radius 3 is 2.48 bits per heavy atom. The Morgan fingerprint density at radius 1 is 0.920 bits per heavy atom. The zero-order valence-electron chi connectivity index (χ0n) is 13.0. The van der Waals surface area contributed by atoms with Gasteiger partial charge < -0.3 is 10.1 Å². The normalized spacial score (nSPS) is 11.5. The fourth-order valence-electron chi connectivity index (χ4n) is 2.79. The van der Waals surface area contributed by atoms with Gasteiger partial charge in [0, 0.05) is 5.56 Å². The molecule has 0 bridgehead atoms. The lowest BCUT2D eigenvalue weighted by molar-refractivity contribution is 0.475. The summed E-state index contributed by atoms with van der Waals surface area (Å²) in [5, 5.41) is 16.2. The molecule has 0 aliphatic rings. The molecule has 0 amide bonds.